The average molecular weight is 249 g/mol. The Labute approximate surface area is 109 Å². The lowest BCUT2D eigenvalue weighted by Gasteiger charge is -2.20. The topological polar surface area (TPSA) is 44.3 Å². The number of anilines is 2. The molecule has 1 heterocycles. The van der Waals surface area contributed by atoms with Crippen LogP contribution in [-0.4, -0.2) is 54.6 Å². The number of nitrogens with zero attached hydrogens (tertiary/aromatic N) is 4. The van der Waals surface area contributed by atoms with E-state index in [9.17, 15) is 0 Å². The van der Waals surface area contributed by atoms with Crippen LogP contribution in [-0.2, 0) is 0 Å². The molecular weight excluding hydrogens is 226 g/mol. The van der Waals surface area contributed by atoms with Gasteiger partial charge in [-0.15, -0.1) is 0 Å². The van der Waals surface area contributed by atoms with Gasteiger partial charge in [0.2, 0.25) is 5.95 Å². The molecule has 5 heteroatoms. The molecule has 1 aliphatic carbocycles. The Morgan fingerprint density at radius 2 is 2.17 bits per heavy atom. The van der Waals surface area contributed by atoms with Gasteiger partial charge < -0.3 is 10.2 Å². The standard InChI is InChI=1S/C13H23N5/c1-4-18(11-5-6-11)10-9-14-12-7-8-15-13(16-12)17(2)3/h7-8,11H,4-6,9-10H2,1-3H3,(H,14,15,16). The van der Waals surface area contributed by atoms with Crippen LogP contribution in [0.25, 0.3) is 0 Å². The van der Waals surface area contributed by atoms with E-state index in [0.29, 0.717) is 0 Å². The molecule has 1 aromatic heterocycles. The Morgan fingerprint density at radius 3 is 2.78 bits per heavy atom. The van der Waals surface area contributed by atoms with Gasteiger partial charge in [-0.05, 0) is 25.5 Å². The van der Waals surface area contributed by atoms with Crippen molar-refractivity contribution in [1.29, 1.82) is 0 Å². The molecule has 18 heavy (non-hydrogen) atoms. The van der Waals surface area contributed by atoms with Crippen LogP contribution in [0.2, 0.25) is 0 Å². The molecule has 1 N–H and O–H groups in total. The Kier molecular flexibility index (Phi) is 4.36. The molecule has 0 bridgehead atoms. The van der Waals surface area contributed by atoms with Gasteiger partial charge in [0.1, 0.15) is 5.82 Å². The van der Waals surface area contributed by atoms with Crippen LogP contribution in [0.3, 0.4) is 0 Å². The Morgan fingerprint density at radius 1 is 1.39 bits per heavy atom. The smallest absolute Gasteiger partial charge is 0.226 e. The van der Waals surface area contributed by atoms with Gasteiger partial charge in [0.25, 0.3) is 0 Å². The number of nitrogens with one attached hydrogen (secondary N) is 1. The van der Waals surface area contributed by atoms with Gasteiger partial charge >= 0.3 is 0 Å². The zero-order chi connectivity index (χ0) is 13.0. The van der Waals surface area contributed by atoms with E-state index in [2.05, 4.69) is 27.1 Å². The van der Waals surface area contributed by atoms with Gasteiger partial charge in [-0.1, -0.05) is 6.92 Å². The highest BCUT2D eigenvalue weighted by Crippen LogP contribution is 2.25. The number of aromatic nitrogens is 2. The van der Waals surface area contributed by atoms with Crippen LogP contribution in [0, 0.1) is 0 Å². The van der Waals surface area contributed by atoms with E-state index in [1.54, 1.807) is 6.20 Å². The summed E-state index contributed by atoms with van der Waals surface area (Å²) in [7, 11) is 3.90. The fraction of sp³-hybridized carbons (Fsp3) is 0.692. The first-order valence-electron chi connectivity index (χ1n) is 6.69. The molecule has 0 radical (unpaired) electrons. The van der Waals surface area contributed by atoms with Gasteiger partial charge in [-0.3, -0.25) is 4.90 Å². The van der Waals surface area contributed by atoms with E-state index in [1.807, 2.05) is 25.1 Å². The fourth-order valence-corrected chi connectivity index (χ4v) is 2.03. The molecule has 0 atom stereocenters. The molecule has 1 fully saturated rings. The number of hydrogen-bond acceptors (Lipinski definition) is 5. The first kappa shape index (κ1) is 13.1. The normalized spacial score (nSPS) is 14.9. The monoisotopic (exact) mass is 249 g/mol. The summed E-state index contributed by atoms with van der Waals surface area (Å²) in [5.74, 6) is 1.65. The highest BCUT2D eigenvalue weighted by atomic mass is 15.2. The van der Waals surface area contributed by atoms with E-state index < -0.39 is 0 Å². The van der Waals surface area contributed by atoms with Crippen molar-refractivity contribution in [3.8, 4) is 0 Å². The van der Waals surface area contributed by atoms with Crippen molar-refractivity contribution in [3.05, 3.63) is 12.3 Å². The zero-order valence-electron chi connectivity index (χ0n) is 11.6. The molecular formula is C13H23N5. The predicted molar refractivity (Wildman–Crippen MR) is 75.1 cm³/mol. The summed E-state index contributed by atoms with van der Waals surface area (Å²) in [6.45, 7) is 5.39. The first-order chi connectivity index (χ1) is 8.70. The maximum absolute atomic E-state index is 4.44. The van der Waals surface area contributed by atoms with Crippen molar-refractivity contribution in [2.45, 2.75) is 25.8 Å². The summed E-state index contributed by atoms with van der Waals surface area (Å²) in [5, 5.41) is 3.37. The molecule has 0 aliphatic heterocycles. The Bertz CT molecular complexity index is 375. The molecule has 2 rings (SSSR count). The second-order valence-corrected chi connectivity index (χ2v) is 4.92. The third kappa shape index (κ3) is 3.57. The SMILES string of the molecule is CCN(CCNc1ccnc(N(C)C)n1)C1CC1. The minimum Gasteiger partial charge on any atom is -0.369 e. The third-order valence-electron chi connectivity index (χ3n) is 3.22. The number of hydrogen-bond donors (Lipinski definition) is 1. The molecule has 1 saturated carbocycles. The second kappa shape index (κ2) is 6.00. The molecule has 1 aromatic rings. The number of likely N-dealkylation sites (N-methyl/N-ethyl adjacent to an activating group) is 1. The van der Waals surface area contributed by atoms with Crippen molar-refractivity contribution in [3.63, 3.8) is 0 Å². The third-order valence-corrected chi connectivity index (χ3v) is 3.22. The van der Waals surface area contributed by atoms with Gasteiger partial charge in [0, 0.05) is 39.4 Å². The maximum atomic E-state index is 4.44. The maximum Gasteiger partial charge on any atom is 0.226 e. The van der Waals surface area contributed by atoms with E-state index in [0.717, 1.165) is 37.4 Å². The molecule has 100 valence electrons. The highest BCUT2D eigenvalue weighted by molar-refractivity contribution is 5.40. The van der Waals surface area contributed by atoms with Crippen molar-refractivity contribution >= 4 is 11.8 Å². The molecule has 0 aromatic carbocycles. The molecule has 0 amide bonds. The summed E-state index contributed by atoms with van der Waals surface area (Å²) in [5.41, 5.74) is 0. The van der Waals surface area contributed by atoms with Crippen molar-refractivity contribution in [2.24, 2.45) is 0 Å². The highest BCUT2D eigenvalue weighted by Gasteiger charge is 2.27. The van der Waals surface area contributed by atoms with Crippen LogP contribution in [0.5, 0.6) is 0 Å². The first-order valence-corrected chi connectivity index (χ1v) is 6.69. The average Bonchev–Trinajstić information content (AvgIpc) is 3.19. The lowest BCUT2D eigenvalue weighted by Crippen LogP contribution is -2.31. The quantitative estimate of drug-likeness (QED) is 0.792. The van der Waals surface area contributed by atoms with Crippen LogP contribution < -0.4 is 10.2 Å². The van der Waals surface area contributed by atoms with E-state index >= 15 is 0 Å². The Balaban J connectivity index is 1.80. The fourth-order valence-electron chi connectivity index (χ4n) is 2.03. The molecule has 1 aliphatic rings. The van der Waals surface area contributed by atoms with Crippen LogP contribution >= 0.6 is 0 Å². The van der Waals surface area contributed by atoms with Gasteiger partial charge in [-0.2, -0.15) is 4.98 Å². The van der Waals surface area contributed by atoms with Crippen molar-refractivity contribution in [2.75, 3.05) is 43.9 Å². The van der Waals surface area contributed by atoms with Gasteiger partial charge in [-0.25, -0.2) is 4.98 Å². The van der Waals surface area contributed by atoms with Crippen molar-refractivity contribution < 1.29 is 0 Å². The van der Waals surface area contributed by atoms with E-state index in [4.69, 9.17) is 0 Å². The summed E-state index contributed by atoms with van der Waals surface area (Å²) in [4.78, 5) is 13.1. The van der Waals surface area contributed by atoms with Crippen LogP contribution in [0.4, 0.5) is 11.8 Å². The molecule has 0 unspecified atom stereocenters. The largest absolute Gasteiger partial charge is 0.369 e. The summed E-state index contributed by atoms with van der Waals surface area (Å²) in [6, 6.07) is 2.75. The number of rotatable bonds is 7. The van der Waals surface area contributed by atoms with E-state index in [-0.39, 0.29) is 0 Å². The molecule has 0 saturated heterocycles. The molecule has 5 nitrogen and oxygen atoms in total. The summed E-state index contributed by atoms with van der Waals surface area (Å²) in [6.07, 6.45) is 4.53. The molecule has 0 spiro atoms. The van der Waals surface area contributed by atoms with Crippen molar-refractivity contribution in [1.82, 2.24) is 14.9 Å². The van der Waals surface area contributed by atoms with Gasteiger partial charge in [0.15, 0.2) is 0 Å². The zero-order valence-corrected chi connectivity index (χ0v) is 11.6. The van der Waals surface area contributed by atoms with Crippen LogP contribution in [0.15, 0.2) is 12.3 Å². The van der Waals surface area contributed by atoms with E-state index in [1.165, 1.54) is 12.8 Å². The predicted octanol–water partition coefficient (Wildman–Crippen LogP) is 1.44. The van der Waals surface area contributed by atoms with Crippen LogP contribution in [0.1, 0.15) is 19.8 Å². The lowest BCUT2D eigenvalue weighted by atomic mass is 10.4. The minimum absolute atomic E-state index is 0.745. The summed E-state index contributed by atoms with van der Waals surface area (Å²) < 4.78 is 0. The second-order valence-electron chi connectivity index (χ2n) is 4.92. The lowest BCUT2D eigenvalue weighted by molar-refractivity contribution is 0.289. The Hall–Kier alpha value is -1.36. The van der Waals surface area contributed by atoms with Gasteiger partial charge in [0.05, 0.1) is 0 Å². The minimum atomic E-state index is 0.745. The summed E-state index contributed by atoms with van der Waals surface area (Å²) >= 11 is 0.